The van der Waals surface area contributed by atoms with Crippen molar-refractivity contribution in [3.05, 3.63) is 61.7 Å². The SMILES string of the molecule is CC[C@@]1(O)C(=O)OCc2c1cc1n(c2=O)Cc2c-1nc1cc(F)c(C)c3c1c2[C@@H](NC(=O)[C@@H]1C[C@@H](O)CN1C(C)=O)CC3. The van der Waals surface area contributed by atoms with Crippen LogP contribution in [0.1, 0.15) is 72.5 Å². The highest BCUT2D eigenvalue weighted by Crippen LogP contribution is 2.46. The topological polar surface area (TPSA) is 151 Å². The quantitative estimate of drug-likeness (QED) is 0.305. The molecule has 11 nitrogen and oxygen atoms in total. The summed E-state index contributed by atoms with van der Waals surface area (Å²) in [4.78, 5) is 58.3. The van der Waals surface area contributed by atoms with Crippen molar-refractivity contribution in [2.24, 2.45) is 0 Å². The number of aromatic nitrogens is 2. The first-order chi connectivity index (χ1) is 20.4. The van der Waals surface area contributed by atoms with Crippen LogP contribution >= 0.6 is 0 Å². The number of nitrogens with zero attached hydrogens (tertiary/aromatic N) is 3. The van der Waals surface area contributed by atoms with Gasteiger partial charge in [-0.3, -0.25) is 14.4 Å². The second-order valence-corrected chi connectivity index (χ2v) is 12.0. The van der Waals surface area contributed by atoms with Gasteiger partial charge < -0.3 is 29.7 Å². The number of benzene rings is 1. The molecule has 43 heavy (non-hydrogen) atoms. The van der Waals surface area contributed by atoms with Crippen molar-refractivity contribution < 1.29 is 33.7 Å². The molecule has 2 aromatic heterocycles. The Labute approximate surface area is 245 Å². The molecule has 1 saturated heterocycles. The number of pyridine rings is 2. The van der Waals surface area contributed by atoms with Gasteiger partial charge in [-0.25, -0.2) is 14.2 Å². The van der Waals surface area contributed by atoms with E-state index in [0.29, 0.717) is 40.9 Å². The standard InChI is InChI=1S/C31H31FN4O7/c1-4-31(42)19-8-23-27-17(11-36(23)29(40)18(19)12-43-30(31)41)26-21(34-28(39)24-7-15(38)10-35(24)14(3)37)6-5-16-13(2)20(32)9-22(33-27)25(16)26/h8-9,15,21,24,38,42H,4-7,10-12H2,1-3H3,(H,34,39)/t15-,21+,24+,31+/m1/s1. The van der Waals surface area contributed by atoms with E-state index < -0.39 is 47.0 Å². The molecule has 3 N–H and O–H groups in total. The number of cyclic esters (lactones) is 1. The molecule has 0 unspecified atom stereocenters. The van der Waals surface area contributed by atoms with Crippen LogP contribution in [0.4, 0.5) is 4.39 Å². The second-order valence-electron chi connectivity index (χ2n) is 12.0. The molecule has 1 aliphatic carbocycles. The molecule has 3 aromatic rings. The third-order valence-corrected chi connectivity index (χ3v) is 9.68. The zero-order chi connectivity index (χ0) is 30.5. The zero-order valence-electron chi connectivity index (χ0n) is 24.0. The summed E-state index contributed by atoms with van der Waals surface area (Å²) >= 11 is 0. The number of β-amino-alcohol motifs (C(OH)–C–C–N with tert-alkyl or cyclic N) is 1. The number of fused-ring (bicyclic) bond motifs is 5. The van der Waals surface area contributed by atoms with E-state index in [9.17, 15) is 29.4 Å². The van der Waals surface area contributed by atoms with Crippen molar-refractivity contribution in [1.29, 1.82) is 0 Å². The highest BCUT2D eigenvalue weighted by Gasteiger charge is 2.46. The maximum Gasteiger partial charge on any atom is 0.343 e. The first kappa shape index (κ1) is 27.7. The summed E-state index contributed by atoms with van der Waals surface area (Å²) in [7, 11) is 0. The monoisotopic (exact) mass is 590 g/mol. The number of hydrogen-bond donors (Lipinski definition) is 3. The lowest BCUT2D eigenvalue weighted by molar-refractivity contribution is -0.172. The number of ether oxygens (including phenoxy) is 1. The molecule has 2 amide bonds. The number of aryl methyl sites for hydroxylation is 1. The van der Waals surface area contributed by atoms with E-state index in [-0.39, 0.29) is 49.6 Å². The van der Waals surface area contributed by atoms with Gasteiger partial charge in [-0.05, 0) is 48.9 Å². The summed E-state index contributed by atoms with van der Waals surface area (Å²) in [6.07, 6.45) is 0.242. The predicted molar refractivity (Wildman–Crippen MR) is 150 cm³/mol. The third-order valence-electron chi connectivity index (χ3n) is 9.68. The van der Waals surface area contributed by atoms with Gasteiger partial charge in [0, 0.05) is 42.5 Å². The van der Waals surface area contributed by atoms with Gasteiger partial charge in [-0.1, -0.05) is 6.92 Å². The average molecular weight is 591 g/mol. The molecule has 4 aliphatic rings. The van der Waals surface area contributed by atoms with Crippen molar-refractivity contribution in [2.75, 3.05) is 6.54 Å². The van der Waals surface area contributed by atoms with Gasteiger partial charge in [0.1, 0.15) is 18.5 Å². The Morgan fingerprint density at radius 3 is 2.72 bits per heavy atom. The average Bonchev–Trinajstić information content (AvgIpc) is 3.55. The summed E-state index contributed by atoms with van der Waals surface area (Å²) in [5.41, 5.74) is 1.83. The van der Waals surface area contributed by atoms with Crippen LogP contribution in [0.3, 0.4) is 0 Å². The Bertz CT molecular complexity index is 1850. The van der Waals surface area contributed by atoms with Crippen LogP contribution < -0.4 is 10.9 Å². The highest BCUT2D eigenvalue weighted by atomic mass is 19.1. The second kappa shape index (κ2) is 9.42. The van der Waals surface area contributed by atoms with E-state index in [1.54, 1.807) is 19.9 Å². The van der Waals surface area contributed by atoms with Gasteiger partial charge in [0.05, 0.1) is 41.2 Å². The molecule has 4 atom stereocenters. The largest absolute Gasteiger partial charge is 0.458 e. The lowest BCUT2D eigenvalue weighted by atomic mass is 9.81. The lowest BCUT2D eigenvalue weighted by Gasteiger charge is -2.31. The third kappa shape index (κ3) is 3.82. The first-order valence-electron chi connectivity index (χ1n) is 14.5. The van der Waals surface area contributed by atoms with Crippen molar-refractivity contribution in [3.8, 4) is 11.4 Å². The maximum atomic E-state index is 15.1. The summed E-state index contributed by atoms with van der Waals surface area (Å²) in [6, 6.07) is 1.59. The zero-order valence-corrected chi connectivity index (χ0v) is 24.0. The number of aliphatic hydroxyl groups excluding tert-OH is 1. The molecule has 3 aliphatic heterocycles. The van der Waals surface area contributed by atoms with Crippen LogP contribution in [0.2, 0.25) is 0 Å². The molecule has 1 fully saturated rings. The number of esters is 1. The Balaban J connectivity index is 1.41. The van der Waals surface area contributed by atoms with Crippen molar-refractivity contribution >= 4 is 28.7 Å². The van der Waals surface area contributed by atoms with Crippen molar-refractivity contribution in [3.63, 3.8) is 0 Å². The van der Waals surface area contributed by atoms with E-state index in [1.165, 1.54) is 22.5 Å². The van der Waals surface area contributed by atoms with Gasteiger partial charge in [0.25, 0.3) is 5.56 Å². The number of halogens is 1. The summed E-state index contributed by atoms with van der Waals surface area (Å²) < 4.78 is 21.8. The Morgan fingerprint density at radius 2 is 2.00 bits per heavy atom. The minimum Gasteiger partial charge on any atom is -0.458 e. The van der Waals surface area contributed by atoms with E-state index in [1.807, 2.05) is 0 Å². The maximum absolute atomic E-state index is 15.1. The van der Waals surface area contributed by atoms with Gasteiger partial charge in [-0.15, -0.1) is 0 Å². The molecule has 7 rings (SSSR count). The van der Waals surface area contributed by atoms with Crippen molar-refractivity contribution in [2.45, 2.75) is 83.4 Å². The Morgan fingerprint density at radius 1 is 1.23 bits per heavy atom. The molecule has 0 radical (unpaired) electrons. The summed E-state index contributed by atoms with van der Waals surface area (Å²) in [5.74, 6) is -1.94. The molecule has 12 heteroatoms. The molecule has 0 bridgehead atoms. The smallest absolute Gasteiger partial charge is 0.343 e. The Kier molecular flexibility index (Phi) is 6.06. The van der Waals surface area contributed by atoms with E-state index >= 15 is 4.39 Å². The molecule has 5 heterocycles. The fourth-order valence-electron chi connectivity index (χ4n) is 7.38. The molecule has 0 saturated carbocycles. The van der Waals surface area contributed by atoms with Crippen molar-refractivity contribution in [1.82, 2.24) is 19.8 Å². The van der Waals surface area contributed by atoms with Gasteiger partial charge >= 0.3 is 5.97 Å². The van der Waals surface area contributed by atoms with Gasteiger partial charge in [0.15, 0.2) is 5.60 Å². The van der Waals surface area contributed by atoms with Crippen LogP contribution in [0.5, 0.6) is 0 Å². The molecular formula is C31H31FN4O7. The minimum atomic E-state index is -1.99. The number of hydrogen-bond acceptors (Lipinski definition) is 8. The van der Waals surface area contributed by atoms with Gasteiger partial charge in [-0.2, -0.15) is 0 Å². The Hall–Kier alpha value is -4.16. The number of likely N-dealkylation sites (tertiary alicyclic amines) is 1. The molecule has 0 spiro atoms. The number of aliphatic hydroxyl groups is 2. The first-order valence-corrected chi connectivity index (χ1v) is 14.5. The fourth-order valence-corrected chi connectivity index (χ4v) is 7.38. The van der Waals surface area contributed by atoms with E-state index in [2.05, 4.69) is 5.32 Å². The molecular weight excluding hydrogens is 559 g/mol. The van der Waals surface area contributed by atoms with Crippen LogP contribution in [-0.4, -0.2) is 61.1 Å². The normalized spacial score (nSPS) is 25.3. The predicted octanol–water partition coefficient (Wildman–Crippen LogP) is 1.61. The molecule has 224 valence electrons. The minimum absolute atomic E-state index is 0.0000802. The van der Waals surface area contributed by atoms with Gasteiger partial charge in [0.2, 0.25) is 11.8 Å². The van der Waals surface area contributed by atoms with Crippen LogP contribution in [0, 0.1) is 12.7 Å². The van der Waals surface area contributed by atoms with Crippen LogP contribution in [0.15, 0.2) is 16.9 Å². The number of carbonyl (C=O) groups is 3. The van der Waals surface area contributed by atoms with E-state index in [4.69, 9.17) is 9.72 Å². The number of nitrogens with one attached hydrogen (secondary N) is 1. The van der Waals surface area contributed by atoms with Crippen LogP contribution in [0.25, 0.3) is 22.3 Å². The number of rotatable bonds is 3. The number of amides is 2. The fraction of sp³-hybridized carbons (Fsp3) is 0.452. The molecule has 1 aromatic carbocycles. The summed E-state index contributed by atoms with van der Waals surface area (Å²) in [5, 5.41) is 25.2. The number of carbonyl (C=O) groups excluding carboxylic acids is 3. The van der Waals surface area contributed by atoms with Crippen LogP contribution in [-0.2, 0) is 44.3 Å². The lowest BCUT2D eigenvalue weighted by Crippen LogP contribution is -2.46. The summed E-state index contributed by atoms with van der Waals surface area (Å²) in [6.45, 7) is 4.63. The highest BCUT2D eigenvalue weighted by molar-refractivity contribution is 5.94. The van der Waals surface area contributed by atoms with E-state index in [0.717, 1.165) is 16.5 Å².